The number of ether oxygens (including phenoxy) is 3. The largest absolute Gasteiger partial charge is 0.500 e. The van der Waals surface area contributed by atoms with Gasteiger partial charge in [-0.05, 0) is 37.8 Å². The Kier molecular flexibility index (Phi) is 6.94. The van der Waals surface area contributed by atoms with Crippen LogP contribution in [0, 0.1) is 22.0 Å². The van der Waals surface area contributed by atoms with Gasteiger partial charge in [0.15, 0.2) is 11.5 Å². The second-order valence-electron chi connectivity index (χ2n) is 8.10. The standard InChI is InChI=1S/C23H26N2O9/c1-6-34-23(29)17-11(3)24-13-7-10(2)16(22(28)33-5)21(27)19(13)18(17)12-8-14(25(30)31)20(26)15(9-12)32-4/h8-10,16,18,24,26H,6-7H2,1-5H3. The molecule has 11 nitrogen and oxygen atoms in total. The topological polar surface area (TPSA) is 154 Å². The van der Waals surface area contributed by atoms with Gasteiger partial charge in [0, 0.05) is 29.0 Å². The molecular formula is C23H26N2O9. The smallest absolute Gasteiger partial charge is 0.336 e. The number of rotatable bonds is 6. The maximum Gasteiger partial charge on any atom is 0.336 e. The van der Waals surface area contributed by atoms with Gasteiger partial charge < -0.3 is 24.6 Å². The fourth-order valence-corrected chi connectivity index (χ4v) is 4.57. The lowest BCUT2D eigenvalue weighted by Gasteiger charge is -2.38. The molecule has 3 unspecified atom stereocenters. The fourth-order valence-electron chi connectivity index (χ4n) is 4.57. The number of ketones is 1. The van der Waals surface area contributed by atoms with E-state index < -0.39 is 45.9 Å². The minimum absolute atomic E-state index is 0.0586. The van der Waals surface area contributed by atoms with Gasteiger partial charge in [0.2, 0.25) is 5.75 Å². The second kappa shape index (κ2) is 9.54. The minimum Gasteiger partial charge on any atom is -0.500 e. The Hall–Kier alpha value is -3.89. The van der Waals surface area contributed by atoms with Crippen molar-refractivity contribution in [1.82, 2.24) is 5.32 Å². The number of methoxy groups -OCH3 is 2. The number of nitro groups is 1. The van der Waals surface area contributed by atoms with Crippen molar-refractivity contribution in [3.05, 3.63) is 50.4 Å². The van der Waals surface area contributed by atoms with Crippen LogP contribution in [0.5, 0.6) is 11.5 Å². The average Bonchev–Trinajstić information content (AvgIpc) is 2.77. The molecular weight excluding hydrogens is 448 g/mol. The van der Waals surface area contributed by atoms with Crippen LogP contribution in [0.25, 0.3) is 0 Å². The summed E-state index contributed by atoms with van der Waals surface area (Å²) < 4.78 is 15.2. The third-order valence-corrected chi connectivity index (χ3v) is 6.07. The predicted octanol–water partition coefficient (Wildman–Crippen LogP) is 2.49. The molecule has 11 heteroatoms. The van der Waals surface area contributed by atoms with E-state index >= 15 is 0 Å². The molecule has 0 bridgehead atoms. The van der Waals surface area contributed by atoms with Gasteiger partial charge in [0.1, 0.15) is 5.92 Å². The summed E-state index contributed by atoms with van der Waals surface area (Å²) in [6, 6.07) is 2.41. The summed E-state index contributed by atoms with van der Waals surface area (Å²) >= 11 is 0. The summed E-state index contributed by atoms with van der Waals surface area (Å²) in [6.45, 7) is 5.06. The van der Waals surface area contributed by atoms with Gasteiger partial charge in [0.25, 0.3) is 0 Å². The number of carbonyl (C=O) groups is 3. The Labute approximate surface area is 195 Å². The van der Waals surface area contributed by atoms with Gasteiger partial charge in [-0.1, -0.05) is 6.92 Å². The van der Waals surface area contributed by atoms with E-state index in [2.05, 4.69) is 5.32 Å². The number of dihydropyridines is 1. The first-order valence-electron chi connectivity index (χ1n) is 10.6. The van der Waals surface area contributed by atoms with E-state index in [0.717, 1.165) is 6.07 Å². The molecule has 1 heterocycles. The predicted molar refractivity (Wildman–Crippen MR) is 118 cm³/mol. The summed E-state index contributed by atoms with van der Waals surface area (Å²) in [4.78, 5) is 49.9. The van der Waals surface area contributed by atoms with Crippen LogP contribution in [0.3, 0.4) is 0 Å². The van der Waals surface area contributed by atoms with Crippen LogP contribution in [-0.2, 0) is 23.9 Å². The first-order valence-corrected chi connectivity index (χ1v) is 10.6. The monoisotopic (exact) mass is 474 g/mol. The number of Topliss-reactive ketones (excluding diaryl/α,β-unsaturated/α-hetero) is 1. The highest BCUT2D eigenvalue weighted by molar-refractivity contribution is 6.12. The van der Waals surface area contributed by atoms with Crippen LogP contribution in [-0.4, -0.2) is 48.6 Å². The lowest BCUT2D eigenvalue weighted by atomic mass is 9.69. The Morgan fingerprint density at radius 2 is 1.97 bits per heavy atom. The lowest BCUT2D eigenvalue weighted by molar-refractivity contribution is -0.386. The number of phenolic OH excluding ortho intramolecular Hbond substituents is 1. The second-order valence-corrected chi connectivity index (χ2v) is 8.10. The number of benzene rings is 1. The Morgan fingerprint density at radius 1 is 1.29 bits per heavy atom. The molecule has 2 N–H and O–H groups in total. The van der Waals surface area contributed by atoms with E-state index in [9.17, 15) is 29.6 Å². The minimum atomic E-state index is -1.11. The quantitative estimate of drug-likeness (QED) is 0.272. The van der Waals surface area contributed by atoms with Crippen molar-refractivity contribution in [1.29, 1.82) is 0 Å². The van der Waals surface area contributed by atoms with Gasteiger partial charge >= 0.3 is 17.6 Å². The number of hydrogen-bond donors (Lipinski definition) is 2. The van der Waals surface area contributed by atoms with E-state index in [1.807, 2.05) is 0 Å². The van der Waals surface area contributed by atoms with Crippen molar-refractivity contribution in [2.24, 2.45) is 11.8 Å². The fraction of sp³-hybridized carbons (Fsp3) is 0.435. The number of nitrogens with zero attached hydrogens (tertiary/aromatic N) is 1. The molecule has 1 aromatic rings. The van der Waals surface area contributed by atoms with E-state index in [-0.39, 0.29) is 35.0 Å². The average molecular weight is 474 g/mol. The molecule has 0 saturated carbocycles. The molecule has 1 aliphatic carbocycles. The number of allylic oxidation sites excluding steroid dienone is 3. The Balaban J connectivity index is 2.32. The number of phenols is 1. The third-order valence-electron chi connectivity index (χ3n) is 6.07. The maximum absolute atomic E-state index is 13.6. The number of carbonyl (C=O) groups excluding carboxylic acids is 3. The van der Waals surface area contributed by atoms with E-state index in [1.54, 1.807) is 20.8 Å². The molecule has 1 aliphatic heterocycles. The van der Waals surface area contributed by atoms with Crippen molar-refractivity contribution in [3.8, 4) is 11.5 Å². The van der Waals surface area contributed by atoms with Crippen LogP contribution in [0.4, 0.5) is 5.69 Å². The van der Waals surface area contributed by atoms with Crippen molar-refractivity contribution in [3.63, 3.8) is 0 Å². The van der Waals surface area contributed by atoms with Crippen LogP contribution in [0.15, 0.2) is 34.7 Å². The van der Waals surface area contributed by atoms with E-state index in [4.69, 9.17) is 14.2 Å². The highest BCUT2D eigenvalue weighted by Crippen LogP contribution is 2.48. The number of nitro benzene ring substituents is 1. The number of nitrogens with one attached hydrogen (secondary N) is 1. The summed E-state index contributed by atoms with van der Waals surface area (Å²) in [7, 11) is 2.41. The molecule has 0 aromatic heterocycles. The van der Waals surface area contributed by atoms with Gasteiger partial charge in [-0.2, -0.15) is 0 Å². The van der Waals surface area contributed by atoms with Crippen LogP contribution < -0.4 is 10.1 Å². The molecule has 0 fully saturated rings. The summed E-state index contributed by atoms with van der Waals surface area (Å²) in [5, 5.41) is 24.9. The molecule has 34 heavy (non-hydrogen) atoms. The molecule has 1 aromatic carbocycles. The van der Waals surface area contributed by atoms with Crippen LogP contribution >= 0.6 is 0 Å². The van der Waals surface area contributed by atoms with Crippen molar-refractivity contribution in [2.45, 2.75) is 33.1 Å². The maximum atomic E-state index is 13.6. The molecule has 2 aliphatic rings. The highest BCUT2D eigenvalue weighted by atomic mass is 16.6. The SMILES string of the molecule is CCOC(=O)C1=C(C)NC2=C(C(=O)C(C(=O)OC)C(C)C2)C1c1cc(OC)c(O)c([N+](=O)[O-])c1. The molecule has 0 amide bonds. The zero-order chi connectivity index (χ0) is 25.3. The number of hydrogen-bond acceptors (Lipinski definition) is 10. The molecule has 3 atom stereocenters. The normalized spacial score (nSPS) is 22.0. The van der Waals surface area contributed by atoms with Crippen molar-refractivity contribution < 1.29 is 38.6 Å². The zero-order valence-electron chi connectivity index (χ0n) is 19.5. The van der Waals surface area contributed by atoms with Gasteiger partial charge in [-0.3, -0.25) is 19.7 Å². The van der Waals surface area contributed by atoms with Crippen LogP contribution in [0.2, 0.25) is 0 Å². The molecule has 0 spiro atoms. The molecule has 182 valence electrons. The Bertz CT molecular complexity index is 1140. The highest BCUT2D eigenvalue weighted by Gasteiger charge is 2.47. The lowest BCUT2D eigenvalue weighted by Crippen LogP contribution is -2.43. The zero-order valence-corrected chi connectivity index (χ0v) is 19.5. The Morgan fingerprint density at radius 3 is 2.53 bits per heavy atom. The molecule has 0 saturated heterocycles. The van der Waals surface area contributed by atoms with Gasteiger partial charge in [-0.25, -0.2) is 4.79 Å². The number of aromatic hydroxyl groups is 1. The van der Waals surface area contributed by atoms with E-state index in [1.165, 1.54) is 20.3 Å². The summed E-state index contributed by atoms with van der Waals surface area (Å²) in [5.41, 5.74) is 0.593. The van der Waals surface area contributed by atoms with Gasteiger partial charge in [-0.15, -0.1) is 0 Å². The van der Waals surface area contributed by atoms with E-state index in [0.29, 0.717) is 17.8 Å². The first kappa shape index (κ1) is 24.7. The first-order chi connectivity index (χ1) is 16.1. The molecule has 3 rings (SSSR count). The number of esters is 2. The third kappa shape index (κ3) is 4.09. The van der Waals surface area contributed by atoms with Crippen molar-refractivity contribution >= 4 is 23.4 Å². The summed E-state index contributed by atoms with van der Waals surface area (Å²) in [5.74, 6) is -5.46. The van der Waals surface area contributed by atoms with Crippen molar-refractivity contribution in [2.75, 3.05) is 20.8 Å². The van der Waals surface area contributed by atoms with Crippen LogP contribution in [0.1, 0.15) is 38.7 Å². The van der Waals surface area contributed by atoms with Gasteiger partial charge in [0.05, 0.1) is 31.3 Å². The summed E-state index contributed by atoms with van der Waals surface area (Å²) in [6.07, 6.45) is 0.308. The molecule has 0 radical (unpaired) electrons.